The maximum Gasteiger partial charge on any atom is 0.270 e. The van der Waals surface area contributed by atoms with Crippen LogP contribution in [0.15, 0.2) is 83.8 Å². The number of thioether (sulfide) groups is 1. The summed E-state index contributed by atoms with van der Waals surface area (Å²) in [7, 11) is 0. The van der Waals surface area contributed by atoms with E-state index in [4.69, 9.17) is 51.8 Å². The molecule has 0 spiro atoms. The van der Waals surface area contributed by atoms with Crippen molar-refractivity contribution < 1.29 is 9.53 Å². The Morgan fingerprint density at radius 3 is 2.43 bits per heavy atom. The maximum atomic E-state index is 13.4. The van der Waals surface area contributed by atoms with Crippen molar-refractivity contribution in [2.45, 2.75) is 6.61 Å². The van der Waals surface area contributed by atoms with Gasteiger partial charge in [-0.3, -0.25) is 9.69 Å². The lowest BCUT2D eigenvalue weighted by molar-refractivity contribution is -0.113. The Morgan fingerprint density at radius 1 is 0.914 bits per heavy atom. The van der Waals surface area contributed by atoms with Gasteiger partial charge in [0.2, 0.25) is 0 Å². The summed E-state index contributed by atoms with van der Waals surface area (Å²) < 4.78 is 6.59. The molecule has 35 heavy (non-hydrogen) atoms. The van der Waals surface area contributed by atoms with Crippen LogP contribution in [-0.2, 0) is 11.4 Å². The van der Waals surface area contributed by atoms with Crippen molar-refractivity contribution in [3.05, 3.63) is 110 Å². The van der Waals surface area contributed by atoms with Crippen LogP contribution in [-0.4, -0.2) is 10.2 Å². The predicted molar refractivity (Wildman–Crippen MR) is 152 cm³/mol. The fraction of sp³-hybridized carbons (Fsp3) is 0.0370. The van der Waals surface area contributed by atoms with Gasteiger partial charge in [0, 0.05) is 15.6 Å². The van der Waals surface area contributed by atoms with Crippen LogP contribution in [0.1, 0.15) is 11.1 Å². The van der Waals surface area contributed by atoms with Gasteiger partial charge in [-0.2, -0.15) is 0 Å². The number of hydrogen-bond donors (Lipinski definition) is 0. The lowest BCUT2D eigenvalue weighted by atomic mass is 10.0. The standard InChI is InChI=1S/C27H16Cl3NO2S2/c28-18-8-5-16(6-9-18)15-33-24-12-7-17-3-1-2-4-20(17)21(24)14-25-26(32)31(27(34)35-25)23-11-10-19(29)13-22(23)30/h1-14H,15H2/b25-14-. The quantitative estimate of drug-likeness (QED) is 0.181. The Balaban J connectivity index is 1.53. The van der Waals surface area contributed by atoms with Gasteiger partial charge in [0.25, 0.3) is 5.91 Å². The SMILES string of the molecule is O=C1/C(=C/c2c(OCc3ccc(Cl)cc3)ccc3ccccc23)SC(=S)N1c1ccc(Cl)cc1Cl. The van der Waals surface area contributed by atoms with Gasteiger partial charge in [0.05, 0.1) is 15.6 Å². The molecule has 1 fully saturated rings. The van der Waals surface area contributed by atoms with Crippen molar-refractivity contribution in [3.8, 4) is 5.75 Å². The van der Waals surface area contributed by atoms with Crippen LogP contribution in [0.5, 0.6) is 5.75 Å². The molecule has 1 amide bonds. The highest BCUT2D eigenvalue weighted by Gasteiger charge is 2.34. The van der Waals surface area contributed by atoms with Crippen LogP contribution in [0.4, 0.5) is 5.69 Å². The fourth-order valence-electron chi connectivity index (χ4n) is 3.76. The summed E-state index contributed by atoms with van der Waals surface area (Å²) in [5.74, 6) is 0.411. The van der Waals surface area contributed by atoms with Crippen LogP contribution in [0.3, 0.4) is 0 Å². The van der Waals surface area contributed by atoms with E-state index in [-0.39, 0.29) is 5.91 Å². The molecule has 0 saturated carbocycles. The smallest absolute Gasteiger partial charge is 0.270 e. The fourth-order valence-corrected chi connectivity index (χ4v) is 5.65. The monoisotopic (exact) mass is 555 g/mol. The van der Waals surface area contributed by atoms with Crippen molar-refractivity contribution in [3.63, 3.8) is 0 Å². The minimum Gasteiger partial charge on any atom is -0.488 e. The van der Waals surface area contributed by atoms with E-state index in [0.29, 0.717) is 42.3 Å². The van der Waals surface area contributed by atoms with Crippen molar-refractivity contribution >= 4 is 91.5 Å². The average molecular weight is 557 g/mol. The first kappa shape index (κ1) is 24.2. The van der Waals surface area contributed by atoms with Gasteiger partial charge in [0.15, 0.2) is 4.32 Å². The molecule has 0 radical (unpaired) electrons. The maximum absolute atomic E-state index is 13.4. The van der Waals surface area contributed by atoms with E-state index in [1.807, 2.05) is 66.7 Å². The second-order valence-electron chi connectivity index (χ2n) is 7.73. The molecule has 0 aromatic heterocycles. The second kappa shape index (κ2) is 10.2. The molecule has 0 aliphatic carbocycles. The predicted octanol–water partition coefficient (Wildman–Crippen LogP) is 8.78. The number of benzene rings is 4. The zero-order valence-electron chi connectivity index (χ0n) is 18.0. The summed E-state index contributed by atoms with van der Waals surface area (Å²) in [5.41, 5.74) is 2.29. The Kier molecular flexibility index (Phi) is 7.05. The molecule has 1 heterocycles. The number of anilines is 1. The minimum atomic E-state index is -0.249. The first-order valence-corrected chi connectivity index (χ1v) is 12.9. The first-order valence-electron chi connectivity index (χ1n) is 10.5. The highest BCUT2D eigenvalue weighted by atomic mass is 35.5. The van der Waals surface area contributed by atoms with Crippen molar-refractivity contribution in [2.24, 2.45) is 0 Å². The summed E-state index contributed by atoms with van der Waals surface area (Å²) in [6.45, 7) is 0.359. The summed E-state index contributed by atoms with van der Waals surface area (Å²) >= 11 is 25.2. The van der Waals surface area contributed by atoms with Gasteiger partial charge in [-0.15, -0.1) is 0 Å². The lowest BCUT2D eigenvalue weighted by Crippen LogP contribution is -2.27. The summed E-state index contributed by atoms with van der Waals surface area (Å²) in [5, 5.41) is 3.51. The molecule has 0 N–H and O–H groups in total. The molecule has 174 valence electrons. The van der Waals surface area contributed by atoms with Crippen LogP contribution < -0.4 is 9.64 Å². The zero-order chi connectivity index (χ0) is 24.5. The van der Waals surface area contributed by atoms with Gasteiger partial charge in [-0.05, 0) is 58.8 Å². The molecule has 0 bridgehead atoms. The molecule has 0 unspecified atom stereocenters. The van der Waals surface area contributed by atoms with Crippen LogP contribution in [0.25, 0.3) is 16.8 Å². The van der Waals surface area contributed by atoms with E-state index in [1.165, 1.54) is 16.7 Å². The van der Waals surface area contributed by atoms with E-state index in [2.05, 4.69) is 0 Å². The van der Waals surface area contributed by atoms with Gasteiger partial charge in [-0.1, -0.05) is 101 Å². The zero-order valence-corrected chi connectivity index (χ0v) is 21.9. The lowest BCUT2D eigenvalue weighted by Gasteiger charge is -2.16. The van der Waals surface area contributed by atoms with Crippen LogP contribution in [0, 0.1) is 0 Å². The third-order valence-corrected chi connectivity index (χ3v) is 7.55. The van der Waals surface area contributed by atoms with Gasteiger partial charge >= 0.3 is 0 Å². The first-order chi connectivity index (χ1) is 16.9. The Hall–Kier alpha value is -2.54. The van der Waals surface area contributed by atoms with Crippen molar-refractivity contribution in [1.29, 1.82) is 0 Å². The number of amides is 1. The molecular weight excluding hydrogens is 541 g/mol. The van der Waals surface area contributed by atoms with Crippen molar-refractivity contribution in [1.82, 2.24) is 0 Å². The van der Waals surface area contributed by atoms with E-state index in [0.717, 1.165) is 21.9 Å². The van der Waals surface area contributed by atoms with E-state index in [1.54, 1.807) is 18.2 Å². The van der Waals surface area contributed by atoms with E-state index >= 15 is 0 Å². The molecule has 4 aromatic carbocycles. The molecule has 1 saturated heterocycles. The van der Waals surface area contributed by atoms with Gasteiger partial charge in [-0.25, -0.2) is 0 Å². The third-order valence-electron chi connectivity index (χ3n) is 5.46. The average Bonchev–Trinajstić information content (AvgIpc) is 3.12. The molecule has 4 aromatic rings. The van der Waals surface area contributed by atoms with Gasteiger partial charge < -0.3 is 4.74 Å². The Bertz CT molecular complexity index is 1500. The molecular formula is C27H16Cl3NO2S2. The second-order valence-corrected chi connectivity index (χ2v) is 10.7. The topological polar surface area (TPSA) is 29.5 Å². The van der Waals surface area contributed by atoms with Crippen molar-refractivity contribution in [2.75, 3.05) is 4.90 Å². The normalized spacial score (nSPS) is 14.8. The highest BCUT2D eigenvalue weighted by Crippen LogP contribution is 2.41. The number of ether oxygens (including phenoxy) is 1. The molecule has 1 aliphatic rings. The van der Waals surface area contributed by atoms with E-state index < -0.39 is 0 Å². The summed E-state index contributed by atoms with van der Waals surface area (Å²) in [6.07, 6.45) is 1.84. The molecule has 3 nitrogen and oxygen atoms in total. The van der Waals surface area contributed by atoms with E-state index in [9.17, 15) is 4.79 Å². The number of nitrogens with zero attached hydrogens (tertiary/aromatic N) is 1. The third kappa shape index (κ3) is 5.06. The molecule has 8 heteroatoms. The number of halogens is 3. The largest absolute Gasteiger partial charge is 0.488 e. The molecule has 1 aliphatic heterocycles. The Labute approximate surface area is 227 Å². The van der Waals surface area contributed by atoms with Crippen LogP contribution >= 0.6 is 58.8 Å². The summed E-state index contributed by atoms with van der Waals surface area (Å²) in [4.78, 5) is 15.3. The number of carbonyl (C=O) groups is 1. The number of carbonyl (C=O) groups excluding carboxylic acids is 1. The number of hydrogen-bond acceptors (Lipinski definition) is 4. The number of fused-ring (bicyclic) bond motifs is 1. The van der Waals surface area contributed by atoms with Crippen LogP contribution in [0.2, 0.25) is 15.1 Å². The summed E-state index contributed by atoms with van der Waals surface area (Å²) in [6, 6.07) is 24.3. The number of rotatable bonds is 5. The minimum absolute atomic E-state index is 0.249. The molecule has 5 rings (SSSR count). The van der Waals surface area contributed by atoms with Gasteiger partial charge in [0.1, 0.15) is 12.4 Å². The number of thiocarbonyl (C=S) groups is 1. The highest BCUT2D eigenvalue weighted by molar-refractivity contribution is 8.27. The molecule has 0 atom stereocenters. The Morgan fingerprint density at radius 2 is 1.66 bits per heavy atom.